The number of sulfone groups is 1. The van der Waals surface area contributed by atoms with Gasteiger partial charge in [-0.1, -0.05) is 26.0 Å². The molecule has 1 atom stereocenters. The smallest absolute Gasteiger partial charge is 0.241 e. The topological polar surface area (TPSA) is 75.3 Å². The molecule has 0 aromatic heterocycles. The summed E-state index contributed by atoms with van der Waals surface area (Å²) in [6.07, 6.45) is 3.65. The Morgan fingerprint density at radius 1 is 1.53 bits per heavy atom. The average Bonchev–Trinajstić information content (AvgIpc) is 2.67. The zero-order valence-electron chi connectivity index (χ0n) is 10.3. The highest BCUT2D eigenvalue weighted by Gasteiger charge is 2.18. The summed E-state index contributed by atoms with van der Waals surface area (Å²) in [7, 11) is -3.05. The Hall–Kier alpha value is -0.880. The van der Waals surface area contributed by atoms with Crippen LogP contribution in [0.4, 0.5) is 0 Å². The normalized spacial score (nSPS) is 19.8. The van der Waals surface area contributed by atoms with Crippen LogP contribution in [0.1, 0.15) is 13.8 Å². The third-order valence-electron chi connectivity index (χ3n) is 2.37. The first-order valence-corrected chi connectivity index (χ1v) is 7.61. The lowest BCUT2D eigenvalue weighted by Gasteiger charge is -2.11. The summed E-state index contributed by atoms with van der Waals surface area (Å²) in [5.74, 6) is 0.131. The second-order valence-electron chi connectivity index (χ2n) is 4.61. The maximum atomic E-state index is 11.6. The second-order valence-corrected chi connectivity index (χ2v) is 6.84. The Morgan fingerprint density at radius 2 is 2.24 bits per heavy atom. The van der Waals surface area contributed by atoms with E-state index in [4.69, 9.17) is 0 Å². The van der Waals surface area contributed by atoms with E-state index in [-0.39, 0.29) is 35.9 Å². The van der Waals surface area contributed by atoms with Gasteiger partial charge in [-0.2, -0.15) is 0 Å². The maximum absolute atomic E-state index is 11.6. The molecule has 0 unspecified atom stereocenters. The summed E-state index contributed by atoms with van der Waals surface area (Å²) >= 11 is 0. The minimum atomic E-state index is -3.05. The minimum absolute atomic E-state index is 0.00730. The summed E-state index contributed by atoms with van der Waals surface area (Å²) in [4.78, 5) is 11.5. The summed E-state index contributed by atoms with van der Waals surface area (Å²) < 4.78 is 23.1. The lowest BCUT2D eigenvalue weighted by atomic mass is 10.3. The molecule has 1 amide bonds. The van der Waals surface area contributed by atoms with Gasteiger partial charge in [0, 0.05) is 13.1 Å². The molecule has 17 heavy (non-hydrogen) atoms. The quantitative estimate of drug-likeness (QED) is 0.643. The molecule has 0 aromatic carbocycles. The maximum Gasteiger partial charge on any atom is 0.241 e. The summed E-state index contributed by atoms with van der Waals surface area (Å²) in [5, 5.41) is 5.59. The fourth-order valence-corrected chi connectivity index (χ4v) is 3.27. The van der Waals surface area contributed by atoms with Crippen LogP contribution in [0, 0.1) is 5.92 Å². The van der Waals surface area contributed by atoms with Gasteiger partial charge in [-0.3, -0.25) is 10.1 Å². The molecule has 1 aliphatic rings. The van der Waals surface area contributed by atoms with E-state index < -0.39 is 9.84 Å². The van der Waals surface area contributed by atoms with Crippen molar-refractivity contribution in [2.75, 3.05) is 24.6 Å². The summed E-state index contributed by atoms with van der Waals surface area (Å²) in [6, 6.07) is -0.317. The lowest BCUT2D eigenvalue weighted by molar-refractivity contribution is -0.121. The number of amides is 1. The highest BCUT2D eigenvalue weighted by Crippen LogP contribution is 2.00. The lowest BCUT2D eigenvalue weighted by Crippen LogP contribution is -2.42. The molecule has 0 aromatic rings. The van der Waals surface area contributed by atoms with Crippen LogP contribution in [-0.4, -0.2) is 45.0 Å². The third kappa shape index (κ3) is 5.32. The van der Waals surface area contributed by atoms with Crippen LogP contribution in [0.25, 0.3) is 0 Å². The Morgan fingerprint density at radius 3 is 2.76 bits per heavy atom. The number of nitrogens with one attached hydrogen (secondary N) is 2. The number of carbonyl (C=O) groups excluding carboxylic acids is 1. The highest BCUT2D eigenvalue weighted by atomic mass is 32.2. The van der Waals surface area contributed by atoms with E-state index in [1.165, 1.54) is 0 Å². The molecule has 0 radical (unpaired) electrons. The van der Waals surface area contributed by atoms with Crippen molar-refractivity contribution in [2.45, 2.75) is 19.9 Å². The molecule has 6 heteroatoms. The summed E-state index contributed by atoms with van der Waals surface area (Å²) in [5.41, 5.74) is 0. The van der Waals surface area contributed by atoms with Gasteiger partial charge in [-0.15, -0.1) is 0 Å². The van der Waals surface area contributed by atoms with E-state index in [0.717, 1.165) is 0 Å². The Bertz CT molecular complexity index is 388. The molecule has 0 fully saturated rings. The van der Waals surface area contributed by atoms with Crippen molar-refractivity contribution in [2.24, 2.45) is 5.92 Å². The van der Waals surface area contributed by atoms with Gasteiger partial charge in [0.25, 0.3) is 0 Å². The van der Waals surface area contributed by atoms with E-state index in [0.29, 0.717) is 6.54 Å². The second kappa shape index (κ2) is 6.16. The first kappa shape index (κ1) is 14.2. The van der Waals surface area contributed by atoms with Crippen LogP contribution in [-0.2, 0) is 14.6 Å². The van der Waals surface area contributed by atoms with Crippen molar-refractivity contribution in [3.8, 4) is 0 Å². The first-order valence-electron chi connectivity index (χ1n) is 5.79. The van der Waals surface area contributed by atoms with Crippen LogP contribution in [0.15, 0.2) is 12.2 Å². The van der Waals surface area contributed by atoms with Gasteiger partial charge in [-0.25, -0.2) is 8.42 Å². The van der Waals surface area contributed by atoms with Gasteiger partial charge >= 0.3 is 0 Å². The van der Waals surface area contributed by atoms with Crippen molar-refractivity contribution in [3.05, 3.63) is 12.2 Å². The molecule has 0 bridgehead atoms. The number of hydrogen-bond donors (Lipinski definition) is 2. The van der Waals surface area contributed by atoms with E-state index in [1.54, 1.807) is 6.08 Å². The number of rotatable bonds is 6. The monoisotopic (exact) mass is 260 g/mol. The van der Waals surface area contributed by atoms with Crippen molar-refractivity contribution in [1.82, 2.24) is 10.6 Å². The molecule has 5 nitrogen and oxygen atoms in total. The van der Waals surface area contributed by atoms with Crippen molar-refractivity contribution < 1.29 is 13.2 Å². The van der Waals surface area contributed by atoms with E-state index in [9.17, 15) is 13.2 Å². The van der Waals surface area contributed by atoms with E-state index >= 15 is 0 Å². The zero-order chi connectivity index (χ0) is 12.9. The Labute approximate surface area is 103 Å². The molecule has 2 N–H and O–H groups in total. The largest absolute Gasteiger partial charge is 0.353 e. The van der Waals surface area contributed by atoms with E-state index in [2.05, 4.69) is 10.6 Å². The predicted octanol–water partition coefficient (Wildman–Crippen LogP) is -0.299. The summed E-state index contributed by atoms with van der Waals surface area (Å²) in [6.45, 7) is 4.59. The average molecular weight is 260 g/mol. The fourth-order valence-electron chi connectivity index (χ4n) is 1.68. The molecule has 0 aliphatic carbocycles. The standard InChI is InChI=1S/C11H20N2O3S/c1-9(2)8-17(15,16)7-6-13-11(14)10-4-3-5-12-10/h3-4,9-10,12H,5-8H2,1-2H3,(H,13,14)/t10-/m0/s1. The van der Waals surface area contributed by atoms with Gasteiger partial charge in [0.05, 0.1) is 11.5 Å². The highest BCUT2D eigenvalue weighted by molar-refractivity contribution is 7.91. The van der Waals surface area contributed by atoms with Gasteiger partial charge in [0.15, 0.2) is 9.84 Å². The molecular weight excluding hydrogens is 240 g/mol. The molecule has 0 saturated heterocycles. The van der Waals surface area contributed by atoms with Crippen molar-refractivity contribution in [3.63, 3.8) is 0 Å². The molecule has 0 spiro atoms. The predicted molar refractivity (Wildman–Crippen MR) is 67.4 cm³/mol. The van der Waals surface area contributed by atoms with Crippen LogP contribution in [0.2, 0.25) is 0 Å². The van der Waals surface area contributed by atoms with Gasteiger partial charge in [-0.05, 0) is 5.92 Å². The Balaban J connectivity index is 2.27. The molecule has 98 valence electrons. The van der Waals surface area contributed by atoms with Crippen molar-refractivity contribution >= 4 is 15.7 Å². The third-order valence-corrected chi connectivity index (χ3v) is 4.37. The Kier molecular flexibility index (Phi) is 5.14. The molecule has 0 saturated carbocycles. The van der Waals surface area contributed by atoms with Crippen LogP contribution >= 0.6 is 0 Å². The van der Waals surface area contributed by atoms with Gasteiger partial charge in [0.1, 0.15) is 6.04 Å². The van der Waals surface area contributed by atoms with Crippen LogP contribution in [0.3, 0.4) is 0 Å². The van der Waals surface area contributed by atoms with E-state index in [1.807, 2.05) is 19.9 Å². The van der Waals surface area contributed by atoms with Gasteiger partial charge < -0.3 is 5.32 Å². The zero-order valence-corrected chi connectivity index (χ0v) is 11.1. The molecular formula is C11H20N2O3S. The van der Waals surface area contributed by atoms with Gasteiger partial charge in [0.2, 0.25) is 5.91 Å². The number of hydrogen-bond acceptors (Lipinski definition) is 4. The molecule has 1 aliphatic heterocycles. The van der Waals surface area contributed by atoms with Crippen molar-refractivity contribution in [1.29, 1.82) is 0 Å². The minimum Gasteiger partial charge on any atom is -0.353 e. The number of carbonyl (C=O) groups is 1. The fraction of sp³-hybridized carbons (Fsp3) is 0.727. The van der Waals surface area contributed by atoms with Crippen LogP contribution < -0.4 is 10.6 Å². The van der Waals surface area contributed by atoms with Crippen LogP contribution in [0.5, 0.6) is 0 Å². The SMILES string of the molecule is CC(C)CS(=O)(=O)CCNC(=O)[C@@H]1C=CCN1. The molecule has 1 rings (SSSR count). The molecule has 1 heterocycles. The first-order chi connectivity index (χ1) is 7.91.